The molecule has 0 fully saturated rings. The van der Waals surface area contributed by atoms with Crippen LogP contribution in [0.4, 0.5) is 0 Å². The number of rotatable bonds is 6. The first-order valence-electron chi connectivity index (χ1n) is 8.99. The lowest BCUT2D eigenvalue weighted by atomic mass is 10.2. The summed E-state index contributed by atoms with van der Waals surface area (Å²) in [5.74, 6) is 2.21. The highest BCUT2D eigenvalue weighted by molar-refractivity contribution is 7.21. The lowest BCUT2D eigenvalue weighted by molar-refractivity contribution is 0.294. The summed E-state index contributed by atoms with van der Waals surface area (Å²) < 4.78 is 12.6. The van der Waals surface area contributed by atoms with E-state index in [1.165, 1.54) is 0 Å². The van der Waals surface area contributed by atoms with Gasteiger partial charge in [0.25, 0.3) is 5.56 Å². The molecule has 0 spiro atoms. The Labute approximate surface area is 166 Å². The molecule has 2 heterocycles. The molecule has 0 aliphatic heterocycles. The topological polar surface area (TPSA) is 53.4 Å². The van der Waals surface area contributed by atoms with Crippen molar-refractivity contribution in [2.24, 2.45) is 0 Å². The van der Waals surface area contributed by atoms with E-state index in [0.717, 1.165) is 26.8 Å². The summed E-state index contributed by atoms with van der Waals surface area (Å²) in [5, 5.41) is 0.652. The minimum Gasteiger partial charge on any atom is -0.497 e. The van der Waals surface area contributed by atoms with Crippen LogP contribution in [0.2, 0.25) is 0 Å². The monoisotopic (exact) mass is 392 g/mol. The molecule has 5 nitrogen and oxygen atoms in total. The maximum Gasteiger partial charge on any atom is 0.262 e. The van der Waals surface area contributed by atoms with E-state index < -0.39 is 0 Å². The molecule has 0 N–H and O–H groups in total. The van der Waals surface area contributed by atoms with Gasteiger partial charge in [0.2, 0.25) is 0 Å². The second-order valence-corrected chi connectivity index (χ2v) is 7.37. The summed E-state index contributed by atoms with van der Waals surface area (Å²) >= 11 is 1.54. The number of fused-ring (bicyclic) bond motifs is 1. The number of aryl methyl sites for hydroxylation is 1. The standard InChI is InChI=1S/C22H20N2O3S/c1-15-23-21-19(14-20(28-21)16-6-4-3-5-7-16)22(25)24(15)12-13-27-18-10-8-17(26-2)9-11-18/h3-11,14H,12-13H2,1-2H3. The van der Waals surface area contributed by atoms with Crippen LogP contribution < -0.4 is 15.0 Å². The third-order valence-corrected chi connectivity index (χ3v) is 5.62. The normalized spacial score (nSPS) is 10.9. The Hall–Kier alpha value is -3.12. The lowest BCUT2D eigenvalue weighted by Gasteiger charge is -2.11. The first-order valence-corrected chi connectivity index (χ1v) is 9.80. The number of thiophene rings is 1. The second-order valence-electron chi connectivity index (χ2n) is 6.34. The molecule has 0 radical (unpaired) electrons. The number of methoxy groups -OCH3 is 1. The molecule has 4 rings (SSSR count). The van der Waals surface area contributed by atoms with Crippen molar-refractivity contribution in [1.29, 1.82) is 0 Å². The minimum absolute atomic E-state index is 0.0285. The third-order valence-electron chi connectivity index (χ3n) is 4.54. The van der Waals surface area contributed by atoms with Crippen molar-refractivity contribution in [3.05, 3.63) is 76.8 Å². The zero-order valence-corrected chi connectivity index (χ0v) is 16.5. The Kier molecular flexibility index (Phi) is 5.12. The molecule has 0 bridgehead atoms. The van der Waals surface area contributed by atoms with E-state index in [-0.39, 0.29) is 5.56 Å². The molecule has 2 aromatic carbocycles. The van der Waals surface area contributed by atoms with Gasteiger partial charge >= 0.3 is 0 Å². The summed E-state index contributed by atoms with van der Waals surface area (Å²) in [6, 6.07) is 19.4. The third kappa shape index (κ3) is 3.64. The average Bonchev–Trinajstić information content (AvgIpc) is 3.16. The highest BCUT2D eigenvalue weighted by atomic mass is 32.1. The van der Waals surface area contributed by atoms with Gasteiger partial charge in [-0.05, 0) is 42.8 Å². The molecule has 2 aromatic heterocycles. The quantitative estimate of drug-likeness (QED) is 0.484. The van der Waals surface area contributed by atoms with E-state index in [1.54, 1.807) is 23.0 Å². The molecule has 142 valence electrons. The number of ether oxygens (including phenoxy) is 2. The van der Waals surface area contributed by atoms with Gasteiger partial charge in [0, 0.05) is 4.88 Å². The second kappa shape index (κ2) is 7.86. The van der Waals surface area contributed by atoms with Crippen molar-refractivity contribution in [1.82, 2.24) is 9.55 Å². The van der Waals surface area contributed by atoms with E-state index in [4.69, 9.17) is 9.47 Å². The molecular formula is C22H20N2O3S. The predicted molar refractivity (Wildman–Crippen MR) is 113 cm³/mol. The number of hydrogen-bond acceptors (Lipinski definition) is 5. The van der Waals surface area contributed by atoms with E-state index in [1.807, 2.05) is 67.6 Å². The summed E-state index contributed by atoms with van der Waals surface area (Å²) in [4.78, 5) is 19.4. The highest BCUT2D eigenvalue weighted by Gasteiger charge is 2.13. The lowest BCUT2D eigenvalue weighted by Crippen LogP contribution is -2.26. The number of nitrogens with zero attached hydrogens (tertiary/aromatic N) is 2. The molecule has 6 heteroatoms. The van der Waals surface area contributed by atoms with E-state index in [0.29, 0.717) is 24.4 Å². The van der Waals surface area contributed by atoms with Gasteiger partial charge in [-0.15, -0.1) is 11.3 Å². The van der Waals surface area contributed by atoms with Gasteiger partial charge < -0.3 is 9.47 Å². The molecule has 0 aliphatic rings. The molecule has 0 amide bonds. The van der Waals surface area contributed by atoms with E-state index in [2.05, 4.69) is 4.98 Å². The van der Waals surface area contributed by atoms with Gasteiger partial charge in [-0.25, -0.2) is 4.98 Å². The fourth-order valence-corrected chi connectivity index (χ4v) is 4.13. The van der Waals surface area contributed by atoms with Crippen LogP contribution in [0.15, 0.2) is 65.5 Å². The van der Waals surface area contributed by atoms with Crippen LogP contribution in [0.25, 0.3) is 20.7 Å². The average molecular weight is 392 g/mol. The van der Waals surface area contributed by atoms with E-state index >= 15 is 0 Å². The van der Waals surface area contributed by atoms with Gasteiger partial charge in [-0.2, -0.15) is 0 Å². The Bertz CT molecular complexity index is 1150. The maximum atomic E-state index is 13.0. The van der Waals surface area contributed by atoms with Gasteiger partial charge in [0.05, 0.1) is 19.0 Å². The Morgan fingerprint density at radius 3 is 2.46 bits per heavy atom. The first kappa shape index (κ1) is 18.3. The SMILES string of the molecule is COc1ccc(OCCn2c(C)nc3sc(-c4ccccc4)cc3c2=O)cc1. The smallest absolute Gasteiger partial charge is 0.262 e. The Morgan fingerprint density at radius 2 is 1.75 bits per heavy atom. The predicted octanol–water partition coefficient (Wildman–Crippen LogP) is 4.52. The number of benzene rings is 2. The van der Waals surface area contributed by atoms with Gasteiger partial charge in [0.1, 0.15) is 28.8 Å². The van der Waals surface area contributed by atoms with Crippen molar-refractivity contribution in [3.8, 4) is 21.9 Å². The molecule has 0 atom stereocenters. The van der Waals surface area contributed by atoms with Crippen LogP contribution in [0, 0.1) is 6.92 Å². The van der Waals surface area contributed by atoms with Gasteiger partial charge in [-0.1, -0.05) is 30.3 Å². The van der Waals surface area contributed by atoms with Crippen molar-refractivity contribution < 1.29 is 9.47 Å². The highest BCUT2D eigenvalue weighted by Crippen LogP contribution is 2.30. The van der Waals surface area contributed by atoms with Crippen molar-refractivity contribution >= 4 is 21.6 Å². The van der Waals surface area contributed by atoms with Crippen molar-refractivity contribution in [2.45, 2.75) is 13.5 Å². The Morgan fingerprint density at radius 1 is 1.04 bits per heavy atom. The summed E-state index contributed by atoms with van der Waals surface area (Å²) in [6.45, 7) is 2.68. The van der Waals surface area contributed by atoms with E-state index in [9.17, 15) is 4.79 Å². The zero-order valence-electron chi connectivity index (χ0n) is 15.7. The van der Waals surface area contributed by atoms with Crippen LogP contribution in [-0.2, 0) is 6.54 Å². The van der Waals surface area contributed by atoms with Gasteiger partial charge in [0.15, 0.2) is 0 Å². The first-order chi connectivity index (χ1) is 13.7. The fraction of sp³-hybridized carbons (Fsp3) is 0.182. The van der Waals surface area contributed by atoms with Crippen molar-refractivity contribution in [3.63, 3.8) is 0 Å². The molecular weight excluding hydrogens is 372 g/mol. The van der Waals surface area contributed by atoms with Crippen LogP contribution in [0.1, 0.15) is 5.82 Å². The Balaban J connectivity index is 1.56. The molecule has 4 aromatic rings. The molecule has 0 aliphatic carbocycles. The maximum absolute atomic E-state index is 13.0. The van der Waals surface area contributed by atoms with Gasteiger partial charge in [-0.3, -0.25) is 9.36 Å². The van der Waals surface area contributed by atoms with Crippen LogP contribution in [0.5, 0.6) is 11.5 Å². The number of hydrogen-bond donors (Lipinski definition) is 0. The summed E-state index contributed by atoms with van der Waals surface area (Å²) in [7, 11) is 1.63. The fourth-order valence-electron chi connectivity index (χ4n) is 3.05. The molecule has 0 unspecified atom stereocenters. The summed E-state index contributed by atoms with van der Waals surface area (Å²) in [5.41, 5.74) is 1.07. The van der Waals surface area contributed by atoms with Crippen LogP contribution in [-0.4, -0.2) is 23.3 Å². The molecule has 0 saturated heterocycles. The number of aromatic nitrogens is 2. The zero-order chi connectivity index (χ0) is 19.5. The molecule has 28 heavy (non-hydrogen) atoms. The molecule has 0 saturated carbocycles. The minimum atomic E-state index is -0.0285. The van der Waals surface area contributed by atoms with Crippen LogP contribution in [0.3, 0.4) is 0 Å². The van der Waals surface area contributed by atoms with Crippen LogP contribution >= 0.6 is 11.3 Å². The summed E-state index contributed by atoms with van der Waals surface area (Å²) in [6.07, 6.45) is 0. The largest absolute Gasteiger partial charge is 0.497 e. The van der Waals surface area contributed by atoms with Crippen molar-refractivity contribution in [2.75, 3.05) is 13.7 Å².